The molecular formula is C24H32N4O2S2. The molecule has 0 saturated carbocycles. The second-order valence-corrected chi connectivity index (χ2v) is 10.5. The quantitative estimate of drug-likeness (QED) is 0.442. The molecule has 1 aromatic rings. The van der Waals surface area contributed by atoms with E-state index in [1.54, 1.807) is 9.47 Å². The summed E-state index contributed by atoms with van der Waals surface area (Å²) in [6, 6.07) is 2.14. The molecule has 2 aliphatic heterocycles. The van der Waals surface area contributed by atoms with E-state index in [4.69, 9.17) is 12.2 Å². The average molecular weight is 473 g/mol. The SMILES string of the molecule is CCCn1c(N2CCCC(C)C2)c(/C=C2\SC(=S)N(C(C)CC)C2=O)c(C)c(C#N)c1=O. The molecule has 0 N–H and O–H groups in total. The van der Waals surface area contributed by atoms with Crippen molar-refractivity contribution < 1.29 is 4.79 Å². The van der Waals surface area contributed by atoms with E-state index >= 15 is 0 Å². The van der Waals surface area contributed by atoms with Gasteiger partial charge in [0.1, 0.15) is 21.8 Å². The number of rotatable bonds is 6. The molecule has 8 heteroatoms. The third-order valence-corrected chi connectivity index (χ3v) is 7.71. The highest BCUT2D eigenvalue weighted by atomic mass is 32.2. The van der Waals surface area contributed by atoms with Gasteiger partial charge in [0.15, 0.2) is 0 Å². The molecule has 0 spiro atoms. The Hall–Kier alpha value is -2.11. The summed E-state index contributed by atoms with van der Waals surface area (Å²) in [7, 11) is 0. The summed E-state index contributed by atoms with van der Waals surface area (Å²) in [5.41, 5.74) is 1.32. The van der Waals surface area contributed by atoms with Crippen molar-refractivity contribution in [2.24, 2.45) is 5.92 Å². The maximum atomic E-state index is 13.2. The van der Waals surface area contributed by atoms with Gasteiger partial charge in [-0.15, -0.1) is 0 Å². The average Bonchev–Trinajstić information content (AvgIpc) is 3.04. The van der Waals surface area contributed by atoms with Crippen molar-refractivity contribution in [3.63, 3.8) is 0 Å². The summed E-state index contributed by atoms with van der Waals surface area (Å²) < 4.78 is 2.30. The number of carbonyl (C=O) groups excluding carboxylic acids is 1. The standard InChI is InChI=1S/C24H32N4O2S2/c1-6-10-27-21(26-11-8-9-15(3)14-26)18(17(5)19(13-25)22(27)29)12-20-23(30)28(16(4)7-2)24(31)32-20/h12,15-16H,6-11,14H2,1-5H3/b20-12-. The highest BCUT2D eigenvalue weighted by Gasteiger charge is 2.35. The van der Waals surface area contributed by atoms with Gasteiger partial charge in [-0.2, -0.15) is 5.26 Å². The van der Waals surface area contributed by atoms with Crippen LogP contribution in [0.3, 0.4) is 0 Å². The Kier molecular flexibility index (Phi) is 7.84. The summed E-state index contributed by atoms with van der Waals surface area (Å²) in [6.45, 7) is 12.3. The summed E-state index contributed by atoms with van der Waals surface area (Å²) in [5.74, 6) is 1.24. The van der Waals surface area contributed by atoms with E-state index in [1.807, 2.05) is 33.8 Å². The van der Waals surface area contributed by atoms with Gasteiger partial charge in [0.25, 0.3) is 11.5 Å². The number of amides is 1. The monoisotopic (exact) mass is 472 g/mol. The van der Waals surface area contributed by atoms with Crippen molar-refractivity contribution in [1.82, 2.24) is 9.47 Å². The Morgan fingerprint density at radius 1 is 1.34 bits per heavy atom. The van der Waals surface area contributed by atoms with Crippen molar-refractivity contribution in [2.75, 3.05) is 18.0 Å². The van der Waals surface area contributed by atoms with Crippen LogP contribution in [0, 0.1) is 24.2 Å². The summed E-state index contributed by atoms with van der Waals surface area (Å²) in [5, 5.41) is 9.76. The van der Waals surface area contributed by atoms with E-state index in [-0.39, 0.29) is 23.1 Å². The minimum atomic E-state index is -0.246. The van der Waals surface area contributed by atoms with Crippen molar-refractivity contribution in [3.8, 4) is 6.07 Å². The number of nitrogens with zero attached hydrogens (tertiary/aromatic N) is 4. The van der Waals surface area contributed by atoms with Gasteiger partial charge >= 0.3 is 0 Å². The van der Waals surface area contributed by atoms with Crippen LogP contribution < -0.4 is 10.5 Å². The van der Waals surface area contributed by atoms with Crippen molar-refractivity contribution in [3.05, 3.63) is 31.9 Å². The molecule has 2 aliphatic rings. The van der Waals surface area contributed by atoms with Crippen LogP contribution in [0.2, 0.25) is 0 Å². The lowest BCUT2D eigenvalue weighted by molar-refractivity contribution is -0.123. The first-order valence-corrected chi connectivity index (χ1v) is 12.7. The van der Waals surface area contributed by atoms with Crippen molar-refractivity contribution in [1.29, 1.82) is 5.26 Å². The fourth-order valence-electron chi connectivity index (χ4n) is 4.47. The molecule has 172 valence electrons. The minimum Gasteiger partial charge on any atom is -0.357 e. The first-order chi connectivity index (χ1) is 15.2. The Morgan fingerprint density at radius 2 is 2.06 bits per heavy atom. The van der Waals surface area contributed by atoms with Gasteiger partial charge in [0.05, 0.1) is 4.91 Å². The molecule has 6 nitrogen and oxygen atoms in total. The van der Waals surface area contributed by atoms with E-state index in [0.717, 1.165) is 50.2 Å². The normalized spacial score (nSPS) is 21.4. The van der Waals surface area contributed by atoms with Crippen molar-refractivity contribution >= 4 is 46.1 Å². The number of anilines is 1. The van der Waals surface area contributed by atoms with Crippen LogP contribution in [-0.4, -0.2) is 38.8 Å². The topological polar surface area (TPSA) is 69.3 Å². The second-order valence-electron chi connectivity index (χ2n) is 8.81. The summed E-state index contributed by atoms with van der Waals surface area (Å²) in [6.07, 6.45) is 5.66. The van der Waals surface area contributed by atoms with Gasteiger partial charge < -0.3 is 4.90 Å². The fraction of sp³-hybridized carbons (Fsp3) is 0.583. The molecule has 1 amide bonds. The van der Waals surface area contributed by atoms with Gasteiger partial charge in [-0.05, 0) is 57.1 Å². The van der Waals surface area contributed by atoms with Gasteiger partial charge in [-0.1, -0.05) is 44.8 Å². The zero-order chi connectivity index (χ0) is 23.6. The molecule has 0 radical (unpaired) electrons. The number of thioether (sulfide) groups is 1. The molecule has 3 rings (SSSR count). The smallest absolute Gasteiger partial charge is 0.270 e. The molecule has 2 atom stereocenters. The van der Waals surface area contributed by atoms with E-state index in [9.17, 15) is 14.9 Å². The molecule has 0 aliphatic carbocycles. The number of pyridine rings is 1. The fourth-order valence-corrected chi connectivity index (χ4v) is 5.92. The number of nitriles is 1. The van der Waals surface area contributed by atoms with Gasteiger partial charge in [0.2, 0.25) is 0 Å². The maximum Gasteiger partial charge on any atom is 0.270 e. The van der Waals surface area contributed by atoms with Gasteiger partial charge in [-0.25, -0.2) is 0 Å². The Balaban J connectivity index is 2.24. The number of piperidine rings is 1. The predicted octanol–water partition coefficient (Wildman–Crippen LogP) is 4.67. The molecule has 0 aromatic carbocycles. The number of carbonyl (C=O) groups is 1. The molecular weight excluding hydrogens is 440 g/mol. The summed E-state index contributed by atoms with van der Waals surface area (Å²) in [4.78, 5) is 30.9. The summed E-state index contributed by atoms with van der Waals surface area (Å²) >= 11 is 6.81. The minimum absolute atomic E-state index is 0.0284. The van der Waals surface area contributed by atoms with Crippen LogP contribution in [0.5, 0.6) is 0 Å². The Labute approximate surface area is 200 Å². The van der Waals surface area contributed by atoms with E-state index in [1.165, 1.54) is 11.8 Å². The lowest BCUT2D eigenvalue weighted by atomic mass is 9.98. The molecule has 1 aromatic heterocycles. The van der Waals surface area contributed by atoms with Crippen molar-refractivity contribution in [2.45, 2.75) is 72.9 Å². The van der Waals surface area contributed by atoms with E-state index in [0.29, 0.717) is 27.3 Å². The van der Waals surface area contributed by atoms with Crippen LogP contribution >= 0.6 is 24.0 Å². The largest absolute Gasteiger partial charge is 0.357 e. The second kappa shape index (κ2) is 10.2. The van der Waals surface area contributed by atoms with Crippen LogP contribution in [0.4, 0.5) is 5.82 Å². The van der Waals surface area contributed by atoms with Crippen LogP contribution in [0.15, 0.2) is 9.70 Å². The third kappa shape index (κ3) is 4.51. The third-order valence-electron chi connectivity index (χ3n) is 6.38. The Morgan fingerprint density at radius 3 is 2.66 bits per heavy atom. The zero-order valence-corrected chi connectivity index (χ0v) is 21.2. The molecule has 32 heavy (non-hydrogen) atoms. The highest BCUT2D eigenvalue weighted by molar-refractivity contribution is 8.26. The first kappa shape index (κ1) is 24.5. The van der Waals surface area contributed by atoms with Crippen LogP contribution in [0.25, 0.3) is 6.08 Å². The maximum absolute atomic E-state index is 13.2. The van der Waals surface area contributed by atoms with Gasteiger partial charge in [-0.3, -0.25) is 19.1 Å². The molecule has 3 heterocycles. The zero-order valence-electron chi connectivity index (χ0n) is 19.6. The predicted molar refractivity (Wildman–Crippen MR) is 136 cm³/mol. The van der Waals surface area contributed by atoms with Gasteiger partial charge in [0, 0.05) is 31.2 Å². The molecule has 2 saturated heterocycles. The highest BCUT2D eigenvalue weighted by Crippen LogP contribution is 2.37. The molecule has 0 bridgehead atoms. The first-order valence-electron chi connectivity index (χ1n) is 11.4. The van der Waals surface area contributed by atoms with E-state index < -0.39 is 0 Å². The van der Waals surface area contributed by atoms with Crippen LogP contribution in [0.1, 0.15) is 70.1 Å². The number of hydrogen-bond donors (Lipinski definition) is 0. The lowest BCUT2D eigenvalue weighted by Crippen LogP contribution is -2.40. The number of hydrogen-bond acceptors (Lipinski definition) is 6. The number of thiocarbonyl (C=S) groups is 1. The molecule has 2 unspecified atom stereocenters. The van der Waals surface area contributed by atoms with Crippen LogP contribution in [-0.2, 0) is 11.3 Å². The number of aromatic nitrogens is 1. The lowest BCUT2D eigenvalue weighted by Gasteiger charge is -2.36. The van der Waals surface area contributed by atoms with E-state index in [2.05, 4.69) is 17.9 Å². The Bertz CT molecular complexity index is 1050. The molecule has 2 fully saturated rings.